The van der Waals surface area contributed by atoms with Crippen LogP contribution >= 0.6 is 11.8 Å². The van der Waals surface area contributed by atoms with Crippen molar-refractivity contribution < 1.29 is 9.47 Å². The number of nitrogens with zero attached hydrogens (tertiary/aromatic N) is 3. The van der Waals surface area contributed by atoms with Crippen LogP contribution in [-0.2, 0) is 13.1 Å². The van der Waals surface area contributed by atoms with Crippen LogP contribution in [0, 0.1) is 0 Å². The molecule has 9 nitrogen and oxygen atoms in total. The number of methoxy groups -OCH3 is 2. The predicted octanol–water partition coefficient (Wildman–Crippen LogP) is 1.77. The third kappa shape index (κ3) is 4.77. The molecule has 0 aliphatic carbocycles. The van der Waals surface area contributed by atoms with E-state index < -0.39 is 0 Å². The molecule has 0 saturated carbocycles. The number of aromatic nitrogens is 4. The van der Waals surface area contributed by atoms with Gasteiger partial charge >= 0.3 is 0 Å². The van der Waals surface area contributed by atoms with Gasteiger partial charge in [-0.1, -0.05) is 18.7 Å². The van der Waals surface area contributed by atoms with Gasteiger partial charge in [-0.3, -0.25) is 14.5 Å². The van der Waals surface area contributed by atoms with Crippen molar-refractivity contribution in [1.29, 1.82) is 0 Å². The minimum absolute atomic E-state index is 0.186. The van der Waals surface area contributed by atoms with E-state index in [-0.39, 0.29) is 11.1 Å². The Balaban J connectivity index is 1.90. The summed E-state index contributed by atoms with van der Waals surface area (Å²) < 4.78 is 10.6. The number of hydrogen-bond acceptors (Lipinski definition) is 8. The van der Waals surface area contributed by atoms with Crippen molar-refractivity contribution in [2.75, 3.05) is 27.0 Å². The first-order valence-corrected chi connectivity index (χ1v) is 10.2. The Hall–Kier alpha value is -2.85. The number of nitrogens with one attached hydrogen (secondary N) is 2. The molecular weight excluding hydrogens is 394 g/mol. The summed E-state index contributed by atoms with van der Waals surface area (Å²) in [6.07, 6.45) is 1.85. The van der Waals surface area contributed by atoms with Gasteiger partial charge in [0.2, 0.25) is 0 Å². The van der Waals surface area contributed by atoms with Crippen LogP contribution in [0.1, 0.15) is 18.4 Å². The highest BCUT2D eigenvalue weighted by molar-refractivity contribution is 7.98. The lowest BCUT2D eigenvalue weighted by atomic mass is 10.2. The van der Waals surface area contributed by atoms with Crippen LogP contribution in [-0.4, -0.2) is 51.9 Å². The van der Waals surface area contributed by atoms with Crippen LogP contribution in [0.3, 0.4) is 0 Å². The van der Waals surface area contributed by atoms with Crippen molar-refractivity contribution in [3.8, 4) is 11.5 Å². The smallest absolute Gasteiger partial charge is 0.258 e. The first kappa shape index (κ1) is 20.9. The zero-order chi connectivity index (χ0) is 21.0. The second-order valence-corrected chi connectivity index (χ2v) is 7.08. The molecule has 2 N–H and O–H groups in total. The van der Waals surface area contributed by atoms with Crippen molar-refractivity contribution >= 4 is 22.7 Å². The van der Waals surface area contributed by atoms with E-state index in [9.17, 15) is 9.59 Å². The highest BCUT2D eigenvalue weighted by atomic mass is 32.2. The molecule has 2 aromatic heterocycles. The van der Waals surface area contributed by atoms with Crippen molar-refractivity contribution in [2.24, 2.45) is 0 Å². The van der Waals surface area contributed by atoms with E-state index in [1.54, 1.807) is 12.1 Å². The maximum Gasteiger partial charge on any atom is 0.258 e. The fourth-order valence-corrected chi connectivity index (χ4v) is 3.38. The second kappa shape index (κ2) is 9.10. The number of thioether (sulfide) groups is 1. The summed E-state index contributed by atoms with van der Waals surface area (Å²) in [6.45, 7) is 3.55. The monoisotopic (exact) mass is 417 g/mol. The Morgan fingerprint density at radius 2 is 1.76 bits per heavy atom. The summed E-state index contributed by atoms with van der Waals surface area (Å²) in [5.74, 6) is 1.50. The molecule has 0 fully saturated rings. The average molecular weight is 417 g/mol. The summed E-state index contributed by atoms with van der Waals surface area (Å²) >= 11 is 1.38. The highest BCUT2D eigenvalue weighted by Crippen LogP contribution is 2.29. The second-order valence-electron chi connectivity index (χ2n) is 6.29. The molecule has 0 spiro atoms. The Labute approximate surface area is 171 Å². The topological polar surface area (TPSA) is 113 Å². The van der Waals surface area contributed by atoms with Crippen molar-refractivity contribution in [1.82, 2.24) is 24.8 Å². The molecule has 0 saturated heterocycles. The number of H-pyrrole nitrogens is 2. The van der Waals surface area contributed by atoms with E-state index in [4.69, 9.17) is 9.47 Å². The van der Waals surface area contributed by atoms with Crippen LogP contribution < -0.4 is 20.6 Å². The zero-order valence-electron chi connectivity index (χ0n) is 16.7. The molecule has 2 heterocycles. The Bertz CT molecular complexity index is 1130. The largest absolute Gasteiger partial charge is 0.493 e. The number of benzene rings is 1. The third-order valence-corrected chi connectivity index (χ3v) is 5.01. The van der Waals surface area contributed by atoms with Crippen LogP contribution in [0.4, 0.5) is 0 Å². The summed E-state index contributed by atoms with van der Waals surface area (Å²) in [7, 11) is 3.05. The van der Waals surface area contributed by atoms with Gasteiger partial charge in [0, 0.05) is 18.7 Å². The molecule has 3 rings (SSSR count). The fraction of sp³-hybridized carbons (Fsp3) is 0.368. The van der Waals surface area contributed by atoms with Crippen LogP contribution in [0.2, 0.25) is 0 Å². The van der Waals surface area contributed by atoms with Gasteiger partial charge in [-0.2, -0.15) is 0 Å². The minimum Gasteiger partial charge on any atom is -0.493 e. The Kier molecular flexibility index (Phi) is 6.55. The van der Waals surface area contributed by atoms with E-state index >= 15 is 0 Å². The molecule has 1 aromatic carbocycles. The number of fused-ring (bicyclic) bond motifs is 1. The molecule has 10 heteroatoms. The lowest BCUT2D eigenvalue weighted by Gasteiger charge is -2.19. The Morgan fingerprint density at radius 3 is 2.41 bits per heavy atom. The van der Waals surface area contributed by atoms with Gasteiger partial charge in [-0.15, -0.1) is 0 Å². The summed E-state index contributed by atoms with van der Waals surface area (Å²) in [5.41, 5.74) is 0.750. The standard InChI is InChI=1S/C19H23N5O4S/c1-5-24(9-11-6-17(25)23-19(20-11)29-4)10-16-21-13-8-15(28-3)14(27-2)7-12(13)18(26)22-16/h6-8H,5,9-10H2,1-4H3,(H,20,23,25)(H,21,22,26). The van der Waals surface area contributed by atoms with Crippen molar-refractivity contribution in [2.45, 2.75) is 25.2 Å². The SMILES string of the molecule is CCN(Cc1cc(=O)[nH]c(SC)n1)Cc1nc2cc(OC)c(OC)cc2c(=O)[nH]1. The summed E-state index contributed by atoms with van der Waals surface area (Å²) in [4.78, 5) is 40.9. The maximum absolute atomic E-state index is 12.6. The van der Waals surface area contributed by atoms with E-state index in [2.05, 4.69) is 19.9 Å². The number of aromatic amines is 2. The quantitative estimate of drug-likeness (QED) is 0.421. The van der Waals surface area contributed by atoms with Gasteiger partial charge in [0.25, 0.3) is 11.1 Å². The van der Waals surface area contributed by atoms with Gasteiger partial charge in [0.1, 0.15) is 5.82 Å². The molecule has 154 valence electrons. The zero-order valence-corrected chi connectivity index (χ0v) is 17.6. The predicted molar refractivity (Wildman–Crippen MR) is 112 cm³/mol. The van der Waals surface area contributed by atoms with E-state index in [1.165, 1.54) is 32.0 Å². The number of rotatable bonds is 8. The van der Waals surface area contributed by atoms with E-state index in [0.717, 1.165) is 0 Å². The molecule has 0 bridgehead atoms. The normalized spacial score (nSPS) is 11.2. The average Bonchev–Trinajstić information content (AvgIpc) is 2.71. The van der Waals surface area contributed by atoms with Gasteiger partial charge in [-0.25, -0.2) is 9.97 Å². The Morgan fingerprint density at radius 1 is 1.03 bits per heavy atom. The maximum atomic E-state index is 12.6. The lowest BCUT2D eigenvalue weighted by molar-refractivity contribution is 0.260. The van der Waals surface area contributed by atoms with E-state index in [1.807, 2.05) is 18.1 Å². The summed E-state index contributed by atoms with van der Waals surface area (Å²) in [5, 5.41) is 0.997. The van der Waals surface area contributed by atoms with Crippen LogP contribution in [0.5, 0.6) is 11.5 Å². The molecule has 0 atom stereocenters. The molecule has 3 aromatic rings. The molecule has 0 radical (unpaired) electrons. The number of ether oxygens (including phenoxy) is 2. The van der Waals surface area contributed by atoms with Crippen molar-refractivity contribution in [3.05, 3.63) is 50.4 Å². The van der Waals surface area contributed by atoms with Crippen LogP contribution in [0.25, 0.3) is 10.9 Å². The molecule has 0 aliphatic rings. The van der Waals surface area contributed by atoms with Gasteiger partial charge in [0.15, 0.2) is 16.7 Å². The van der Waals surface area contributed by atoms with Gasteiger partial charge < -0.3 is 19.4 Å². The van der Waals surface area contributed by atoms with E-state index in [0.29, 0.717) is 58.7 Å². The highest BCUT2D eigenvalue weighted by Gasteiger charge is 2.14. The molecule has 0 amide bonds. The fourth-order valence-electron chi connectivity index (χ4n) is 2.97. The lowest BCUT2D eigenvalue weighted by Crippen LogP contribution is -2.26. The third-order valence-electron chi connectivity index (χ3n) is 4.43. The van der Waals surface area contributed by atoms with Gasteiger partial charge in [0.05, 0.1) is 37.4 Å². The van der Waals surface area contributed by atoms with Crippen molar-refractivity contribution in [3.63, 3.8) is 0 Å². The first-order chi connectivity index (χ1) is 14.0. The number of hydrogen-bond donors (Lipinski definition) is 2. The first-order valence-electron chi connectivity index (χ1n) is 8.98. The van der Waals surface area contributed by atoms with Gasteiger partial charge in [-0.05, 0) is 18.9 Å². The minimum atomic E-state index is -0.249. The molecular formula is C19H23N5O4S. The van der Waals surface area contributed by atoms with Crippen LogP contribution in [0.15, 0.2) is 32.9 Å². The molecule has 0 unspecified atom stereocenters. The summed E-state index contributed by atoms with van der Waals surface area (Å²) in [6, 6.07) is 4.79. The molecule has 29 heavy (non-hydrogen) atoms. The molecule has 0 aliphatic heterocycles.